The van der Waals surface area contributed by atoms with Crippen molar-refractivity contribution in [2.24, 2.45) is 0 Å². The quantitative estimate of drug-likeness (QED) is 0.854. The summed E-state index contributed by atoms with van der Waals surface area (Å²) in [5.74, 6) is 1.10. The summed E-state index contributed by atoms with van der Waals surface area (Å²) in [6.45, 7) is 3.19. The fourth-order valence-electron chi connectivity index (χ4n) is 2.65. The van der Waals surface area contributed by atoms with Crippen molar-refractivity contribution in [3.05, 3.63) is 57.9 Å². The minimum Gasteiger partial charge on any atom is -0.459 e. The van der Waals surface area contributed by atoms with Gasteiger partial charge < -0.3 is 15.1 Å². The van der Waals surface area contributed by atoms with Crippen molar-refractivity contribution in [3.8, 4) is 11.3 Å². The lowest BCUT2D eigenvalue weighted by Gasteiger charge is -2.26. The number of amides is 2. The normalized spacial score (nSPS) is 17.7. The van der Waals surface area contributed by atoms with Crippen molar-refractivity contribution in [1.29, 1.82) is 0 Å². The number of furan rings is 1. The van der Waals surface area contributed by atoms with Crippen LogP contribution in [0, 0.1) is 0 Å². The molecule has 6 heteroatoms. The standard InChI is InChI=1S/C17H15BrN2O3/c1-9-15(10(2)21)16(20-17(22)19-9)14-8-7-13(23-14)11-3-5-12(18)6-4-11/h3-8,16H,1-2H3,(H2,19,20,22). The molecule has 0 radical (unpaired) electrons. The van der Waals surface area contributed by atoms with Crippen molar-refractivity contribution < 1.29 is 14.0 Å². The summed E-state index contributed by atoms with van der Waals surface area (Å²) >= 11 is 3.39. The molecule has 1 aromatic heterocycles. The Morgan fingerprint density at radius 2 is 1.87 bits per heavy atom. The van der Waals surface area contributed by atoms with E-state index in [0.29, 0.717) is 22.8 Å². The third-order valence-corrected chi connectivity index (χ3v) is 4.22. The molecule has 0 saturated heterocycles. The van der Waals surface area contributed by atoms with Gasteiger partial charge in [0.25, 0.3) is 0 Å². The van der Waals surface area contributed by atoms with E-state index in [4.69, 9.17) is 4.42 Å². The Labute approximate surface area is 141 Å². The molecule has 0 saturated carbocycles. The van der Waals surface area contributed by atoms with E-state index in [9.17, 15) is 9.59 Å². The lowest BCUT2D eigenvalue weighted by molar-refractivity contribution is -0.114. The zero-order valence-corrected chi connectivity index (χ0v) is 14.2. The van der Waals surface area contributed by atoms with Crippen LogP contribution in [0.4, 0.5) is 4.79 Å². The molecule has 2 amide bonds. The first-order valence-corrected chi connectivity index (χ1v) is 7.90. The Morgan fingerprint density at radius 1 is 1.17 bits per heavy atom. The summed E-state index contributed by atoms with van der Waals surface area (Å²) in [7, 11) is 0. The smallest absolute Gasteiger partial charge is 0.319 e. The Bertz CT molecular complexity index is 806. The van der Waals surface area contributed by atoms with Gasteiger partial charge in [-0.3, -0.25) is 4.79 Å². The summed E-state index contributed by atoms with van der Waals surface area (Å²) in [6.07, 6.45) is 0. The maximum atomic E-state index is 11.9. The Hall–Kier alpha value is -2.34. The van der Waals surface area contributed by atoms with Crippen molar-refractivity contribution >= 4 is 27.7 Å². The van der Waals surface area contributed by atoms with Gasteiger partial charge in [0.15, 0.2) is 5.78 Å². The number of hydrogen-bond acceptors (Lipinski definition) is 3. The molecular formula is C17H15BrN2O3. The fraction of sp³-hybridized carbons (Fsp3) is 0.176. The third-order valence-electron chi connectivity index (χ3n) is 3.69. The average Bonchev–Trinajstić information content (AvgIpc) is 2.96. The second-order valence-corrected chi connectivity index (χ2v) is 6.25. The number of Topliss-reactive ketones (excluding diaryl/α,β-unsaturated/α-hetero) is 1. The highest BCUT2D eigenvalue weighted by atomic mass is 79.9. The highest BCUT2D eigenvalue weighted by Gasteiger charge is 2.31. The molecule has 2 aromatic rings. The predicted molar refractivity (Wildman–Crippen MR) is 89.6 cm³/mol. The molecule has 118 valence electrons. The Morgan fingerprint density at radius 3 is 2.52 bits per heavy atom. The number of rotatable bonds is 3. The van der Waals surface area contributed by atoms with E-state index in [2.05, 4.69) is 26.6 Å². The number of benzene rings is 1. The molecule has 0 bridgehead atoms. The summed E-state index contributed by atoms with van der Waals surface area (Å²) in [4.78, 5) is 23.6. The topological polar surface area (TPSA) is 71.3 Å². The van der Waals surface area contributed by atoms with Crippen LogP contribution in [-0.2, 0) is 4.79 Å². The number of carbonyl (C=O) groups excluding carboxylic acids is 2. The van der Waals surface area contributed by atoms with Gasteiger partial charge in [-0.25, -0.2) is 4.79 Å². The largest absolute Gasteiger partial charge is 0.459 e. The van der Waals surface area contributed by atoms with E-state index in [1.165, 1.54) is 6.92 Å². The second-order valence-electron chi connectivity index (χ2n) is 5.34. The van der Waals surface area contributed by atoms with Crippen LogP contribution in [0.25, 0.3) is 11.3 Å². The Balaban J connectivity index is 1.98. The first-order valence-electron chi connectivity index (χ1n) is 7.10. The number of halogens is 1. The molecule has 1 aromatic carbocycles. The van der Waals surface area contributed by atoms with Crippen molar-refractivity contribution in [2.45, 2.75) is 19.9 Å². The first-order chi connectivity index (χ1) is 11.0. The maximum absolute atomic E-state index is 11.9. The summed E-state index contributed by atoms with van der Waals surface area (Å²) in [5, 5.41) is 5.36. The SMILES string of the molecule is CC(=O)C1=C(C)NC(=O)NC1c1ccc(-c2ccc(Br)cc2)o1. The third kappa shape index (κ3) is 3.07. The lowest BCUT2D eigenvalue weighted by atomic mass is 9.97. The van der Waals surface area contributed by atoms with E-state index in [0.717, 1.165) is 10.0 Å². The molecule has 0 fully saturated rings. The Kier molecular flexibility index (Phi) is 4.09. The van der Waals surface area contributed by atoms with Gasteiger partial charge in [-0.05, 0) is 38.1 Å². The van der Waals surface area contributed by atoms with Gasteiger partial charge in [0, 0.05) is 21.3 Å². The minimum atomic E-state index is -0.578. The minimum absolute atomic E-state index is 0.110. The molecule has 1 aliphatic rings. The molecule has 1 atom stereocenters. The highest BCUT2D eigenvalue weighted by molar-refractivity contribution is 9.10. The van der Waals surface area contributed by atoms with Crippen LogP contribution in [0.1, 0.15) is 25.6 Å². The molecule has 1 unspecified atom stereocenters. The van der Waals surface area contributed by atoms with Crippen LogP contribution in [0.5, 0.6) is 0 Å². The van der Waals surface area contributed by atoms with Crippen LogP contribution in [0.15, 0.2) is 56.6 Å². The zero-order valence-electron chi connectivity index (χ0n) is 12.6. The van der Waals surface area contributed by atoms with Gasteiger partial charge >= 0.3 is 6.03 Å². The van der Waals surface area contributed by atoms with Gasteiger partial charge in [-0.15, -0.1) is 0 Å². The number of nitrogens with one attached hydrogen (secondary N) is 2. The molecule has 2 N–H and O–H groups in total. The number of ketones is 1. The van der Waals surface area contributed by atoms with Gasteiger partial charge in [-0.2, -0.15) is 0 Å². The molecular weight excluding hydrogens is 360 g/mol. The van der Waals surface area contributed by atoms with Gasteiger partial charge in [0.1, 0.15) is 17.6 Å². The van der Waals surface area contributed by atoms with Crippen molar-refractivity contribution in [3.63, 3.8) is 0 Å². The van der Waals surface area contributed by atoms with Crippen LogP contribution in [0.3, 0.4) is 0 Å². The molecule has 23 heavy (non-hydrogen) atoms. The van der Waals surface area contributed by atoms with Crippen LogP contribution < -0.4 is 10.6 Å². The van der Waals surface area contributed by atoms with E-state index < -0.39 is 6.04 Å². The van der Waals surface area contributed by atoms with E-state index in [-0.39, 0.29) is 11.8 Å². The molecule has 2 heterocycles. The van der Waals surface area contributed by atoms with Crippen molar-refractivity contribution in [2.75, 3.05) is 0 Å². The average molecular weight is 375 g/mol. The van der Waals surface area contributed by atoms with E-state index in [1.54, 1.807) is 13.0 Å². The van der Waals surface area contributed by atoms with Crippen LogP contribution in [-0.4, -0.2) is 11.8 Å². The van der Waals surface area contributed by atoms with Crippen molar-refractivity contribution in [1.82, 2.24) is 10.6 Å². The molecule has 5 nitrogen and oxygen atoms in total. The highest BCUT2D eigenvalue weighted by Crippen LogP contribution is 2.32. The number of allylic oxidation sites excluding steroid dienone is 1. The second kappa shape index (κ2) is 6.04. The van der Waals surface area contributed by atoms with Gasteiger partial charge in [0.2, 0.25) is 0 Å². The number of urea groups is 1. The predicted octanol–water partition coefficient (Wildman–Crippen LogP) is 3.93. The lowest BCUT2D eigenvalue weighted by Crippen LogP contribution is -2.44. The fourth-order valence-corrected chi connectivity index (χ4v) is 2.92. The summed E-state index contributed by atoms with van der Waals surface area (Å²) < 4.78 is 6.86. The zero-order chi connectivity index (χ0) is 16.6. The molecule has 1 aliphatic heterocycles. The summed E-state index contributed by atoms with van der Waals surface area (Å²) in [5.41, 5.74) is 1.97. The number of hydrogen-bond donors (Lipinski definition) is 2. The summed E-state index contributed by atoms with van der Waals surface area (Å²) in [6, 6.07) is 10.4. The monoisotopic (exact) mass is 374 g/mol. The molecule has 0 aliphatic carbocycles. The van der Waals surface area contributed by atoms with Gasteiger partial charge in [0.05, 0.1) is 0 Å². The molecule has 0 spiro atoms. The number of carbonyl (C=O) groups is 2. The van der Waals surface area contributed by atoms with E-state index >= 15 is 0 Å². The molecule has 3 rings (SSSR count). The van der Waals surface area contributed by atoms with Crippen LogP contribution >= 0.6 is 15.9 Å². The van der Waals surface area contributed by atoms with Crippen LogP contribution in [0.2, 0.25) is 0 Å². The maximum Gasteiger partial charge on any atom is 0.319 e. The van der Waals surface area contributed by atoms with Gasteiger partial charge in [-0.1, -0.05) is 28.1 Å². The van der Waals surface area contributed by atoms with E-state index in [1.807, 2.05) is 30.3 Å². The first kappa shape index (κ1) is 15.6.